The van der Waals surface area contributed by atoms with Gasteiger partial charge in [0, 0.05) is 19.8 Å². The van der Waals surface area contributed by atoms with Crippen molar-refractivity contribution < 1.29 is 9.13 Å². The molecule has 0 bridgehead atoms. The highest BCUT2D eigenvalue weighted by atomic mass is 19.1. The molecule has 0 saturated carbocycles. The first-order chi connectivity index (χ1) is 7.63. The van der Waals surface area contributed by atoms with Gasteiger partial charge in [-0.05, 0) is 49.4 Å². The van der Waals surface area contributed by atoms with Crippen LogP contribution in [0.4, 0.5) is 4.39 Å². The lowest BCUT2D eigenvalue weighted by atomic mass is 9.99. The Morgan fingerprint density at radius 3 is 2.81 bits per heavy atom. The van der Waals surface area contributed by atoms with Crippen molar-refractivity contribution >= 4 is 0 Å². The summed E-state index contributed by atoms with van der Waals surface area (Å²) in [6.07, 6.45) is 2.71. The van der Waals surface area contributed by atoms with Crippen molar-refractivity contribution in [3.05, 3.63) is 35.1 Å². The van der Waals surface area contributed by atoms with E-state index in [1.165, 1.54) is 6.07 Å². The lowest BCUT2D eigenvalue weighted by Crippen LogP contribution is -2.23. The fourth-order valence-electron chi connectivity index (χ4n) is 1.76. The second kappa shape index (κ2) is 6.61. The monoisotopic (exact) mass is 225 g/mol. The number of aryl methyl sites for hydroxylation is 1. The van der Waals surface area contributed by atoms with Crippen molar-refractivity contribution in [2.75, 3.05) is 13.7 Å². The van der Waals surface area contributed by atoms with E-state index in [2.05, 4.69) is 0 Å². The van der Waals surface area contributed by atoms with Crippen molar-refractivity contribution in [1.82, 2.24) is 0 Å². The molecule has 2 nitrogen and oxygen atoms in total. The maximum absolute atomic E-state index is 12.9. The standard InChI is InChI=1S/C13H20FNO/c1-10-8-12(14)6-5-11(10)9-13(15)4-3-7-16-2/h5-6,8,13H,3-4,7,9,15H2,1-2H3. The fraction of sp³-hybridized carbons (Fsp3) is 0.538. The molecule has 1 aromatic rings. The molecule has 1 aromatic carbocycles. The highest BCUT2D eigenvalue weighted by Gasteiger charge is 2.06. The van der Waals surface area contributed by atoms with E-state index in [1.54, 1.807) is 13.2 Å². The Hall–Kier alpha value is -0.930. The maximum atomic E-state index is 12.9. The molecule has 0 aromatic heterocycles. The number of methoxy groups -OCH3 is 1. The number of ether oxygens (including phenoxy) is 1. The summed E-state index contributed by atoms with van der Waals surface area (Å²) in [6, 6.07) is 4.99. The van der Waals surface area contributed by atoms with E-state index < -0.39 is 0 Å². The summed E-state index contributed by atoms with van der Waals surface area (Å²) in [5.41, 5.74) is 8.11. The Morgan fingerprint density at radius 1 is 1.44 bits per heavy atom. The third-order valence-electron chi connectivity index (χ3n) is 2.71. The molecule has 0 amide bonds. The van der Waals surface area contributed by atoms with Crippen LogP contribution >= 0.6 is 0 Å². The van der Waals surface area contributed by atoms with Gasteiger partial charge in [0.25, 0.3) is 0 Å². The van der Waals surface area contributed by atoms with Gasteiger partial charge in [0.05, 0.1) is 0 Å². The van der Waals surface area contributed by atoms with Gasteiger partial charge in [-0.25, -0.2) is 4.39 Å². The molecule has 1 unspecified atom stereocenters. The lowest BCUT2D eigenvalue weighted by Gasteiger charge is -2.13. The van der Waals surface area contributed by atoms with Crippen LogP contribution in [0.1, 0.15) is 24.0 Å². The van der Waals surface area contributed by atoms with Crippen LogP contribution < -0.4 is 5.73 Å². The third kappa shape index (κ3) is 4.29. The normalized spacial score (nSPS) is 12.8. The van der Waals surface area contributed by atoms with Crippen LogP contribution in [-0.4, -0.2) is 19.8 Å². The molecule has 0 fully saturated rings. The van der Waals surface area contributed by atoms with Gasteiger partial charge in [-0.2, -0.15) is 0 Å². The molecule has 0 aliphatic heterocycles. The van der Waals surface area contributed by atoms with Gasteiger partial charge in [0.2, 0.25) is 0 Å². The van der Waals surface area contributed by atoms with Crippen LogP contribution in [0.3, 0.4) is 0 Å². The quantitative estimate of drug-likeness (QED) is 0.755. The molecular formula is C13H20FNO. The average Bonchev–Trinajstić information content (AvgIpc) is 2.23. The molecule has 2 N–H and O–H groups in total. The van der Waals surface area contributed by atoms with Crippen LogP contribution in [-0.2, 0) is 11.2 Å². The molecular weight excluding hydrogens is 205 g/mol. The number of nitrogens with two attached hydrogens (primary N) is 1. The summed E-state index contributed by atoms with van der Waals surface area (Å²) in [5.74, 6) is -0.186. The number of rotatable bonds is 6. The first-order valence-corrected chi connectivity index (χ1v) is 5.63. The van der Waals surface area contributed by atoms with E-state index in [9.17, 15) is 4.39 Å². The Morgan fingerprint density at radius 2 is 2.19 bits per heavy atom. The Kier molecular flexibility index (Phi) is 5.43. The van der Waals surface area contributed by atoms with Gasteiger partial charge in [-0.15, -0.1) is 0 Å². The smallest absolute Gasteiger partial charge is 0.123 e. The average molecular weight is 225 g/mol. The second-order valence-electron chi connectivity index (χ2n) is 4.17. The molecule has 1 atom stereocenters. The molecule has 0 radical (unpaired) electrons. The minimum Gasteiger partial charge on any atom is -0.385 e. The van der Waals surface area contributed by atoms with Crippen molar-refractivity contribution in [2.24, 2.45) is 5.73 Å². The zero-order valence-electron chi connectivity index (χ0n) is 10.0. The summed E-state index contributed by atoms with van der Waals surface area (Å²) in [5, 5.41) is 0. The molecule has 0 aliphatic carbocycles. The Labute approximate surface area is 96.6 Å². The van der Waals surface area contributed by atoms with Crippen LogP contribution in [0.25, 0.3) is 0 Å². The SMILES string of the molecule is COCCCC(N)Cc1ccc(F)cc1C. The minimum atomic E-state index is -0.186. The topological polar surface area (TPSA) is 35.2 Å². The van der Waals surface area contributed by atoms with E-state index >= 15 is 0 Å². The number of benzene rings is 1. The van der Waals surface area contributed by atoms with Crippen molar-refractivity contribution in [2.45, 2.75) is 32.2 Å². The molecule has 16 heavy (non-hydrogen) atoms. The summed E-state index contributed by atoms with van der Waals surface area (Å²) in [4.78, 5) is 0. The van der Waals surface area contributed by atoms with Gasteiger partial charge in [-0.3, -0.25) is 0 Å². The van der Waals surface area contributed by atoms with Crippen LogP contribution in [0, 0.1) is 12.7 Å². The molecule has 1 rings (SSSR count). The van der Waals surface area contributed by atoms with Gasteiger partial charge >= 0.3 is 0 Å². The molecule has 0 heterocycles. The van der Waals surface area contributed by atoms with E-state index in [0.717, 1.165) is 37.0 Å². The maximum Gasteiger partial charge on any atom is 0.123 e. The van der Waals surface area contributed by atoms with Gasteiger partial charge in [-0.1, -0.05) is 6.07 Å². The molecule has 0 spiro atoms. The van der Waals surface area contributed by atoms with E-state index in [4.69, 9.17) is 10.5 Å². The lowest BCUT2D eigenvalue weighted by molar-refractivity contribution is 0.190. The predicted molar refractivity (Wildman–Crippen MR) is 63.9 cm³/mol. The van der Waals surface area contributed by atoms with E-state index in [1.807, 2.05) is 13.0 Å². The molecule has 0 aliphatic rings. The Bertz CT molecular complexity index is 328. The van der Waals surface area contributed by atoms with Crippen LogP contribution in [0.2, 0.25) is 0 Å². The Balaban J connectivity index is 2.46. The zero-order valence-corrected chi connectivity index (χ0v) is 10.0. The first-order valence-electron chi connectivity index (χ1n) is 5.63. The van der Waals surface area contributed by atoms with Crippen LogP contribution in [0.5, 0.6) is 0 Å². The van der Waals surface area contributed by atoms with Crippen LogP contribution in [0.15, 0.2) is 18.2 Å². The van der Waals surface area contributed by atoms with Gasteiger partial charge in [0.15, 0.2) is 0 Å². The summed E-state index contributed by atoms with van der Waals surface area (Å²) in [7, 11) is 1.69. The van der Waals surface area contributed by atoms with E-state index in [0.29, 0.717) is 0 Å². The van der Waals surface area contributed by atoms with Crippen molar-refractivity contribution in [3.63, 3.8) is 0 Å². The molecule has 0 saturated heterocycles. The predicted octanol–water partition coefficient (Wildman–Crippen LogP) is 2.43. The van der Waals surface area contributed by atoms with Gasteiger partial charge < -0.3 is 10.5 Å². The number of hydrogen-bond acceptors (Lipinski definition) is 2. The highest BCUT2D eigenvalue weighted by Crippen LogP contribution is 2.13. The minimum absolute atomic E-state index is 0.124. The summed E-state index contributed by atoms with van der Waals surface area (Å²) < 4.78 is 17.9. The largest absolute Gasteiger partial charge is 0.385 e. The van der Waals surface area contributed by atoms with Crippen molar-refractivity contribution in [3.8, 4) is 0 Å². The first kappa shape index (κ1) is 13.1. The van der Waals surface area contributed by atoms with E-state index in [-0.39, 0.29) is 11.9 Å². The molecule has 3 heteroatoms. The second-order valence-corrected chi connectivity index (χ2v) is 4.17. The number of hydrogen-bond donors (Lipinski definition) is 1. The summed E-state index contributed by atoms with van der Waals surface area (Å²) >= 11 is 0. The molecule has 90 valence electrons. The van der Waals surface area contributed by atoms with Crippen molar-refractivity contribution in [1.29, 1.82) is 0 Å². The highest BCUT2D eigenvalue weighted by molar-refractivity contribution is 5.27. The zero-order chi connectivity index (χ0) is 12.0. The third-order valence-corrected chi connectivity index (χ3v) is 2.71. The fourth-order valence-corrected chi connectivity index (χ4v) is 1.76. The summed E-state index contributed by atoms with van der Waals surface area (Å²) in [6.45, 7) is 2.66. The van der Waals surface area contributed by atoms with Gasteiger partial charge in [0.1, 0.15) is 5.82 Å². The number of halogens is 1.